The number of aromatic nitrogens is 4. The van der Waals surface area contributed by atoms with E-state index in [4.69, 9.17) is 0 Å². The number of nitrogens with zero attached hydrogens (tertiary/aromatic N) is 4. The minimum Gasteiger partial charge on any atom is -0.323 e. The quantitative estimate of drug-likeness (QED) is 0.769. The summed E-state index contributed by atoms with van der Waals surface area (Å²) in [6.07, 6.45) is 4.68. The van der Waals surface area contributed by atoms with Crippen molar-refractivity contribution in [3.8, 4) is 5.95 Å². The summed E-state index contributed by atoms with van der Waals surface area (Å²) in [6.45, 7) is 5.81. The molecule has 1 N–H and O–H groups in total. The molecule has 1 amide bonds. The molecule has 1 aromatic carbocycles. The maximum absolute atomic E-state index is 13.2. The summed E-state index contributed by atoms with van der Waals surface area (Å²) >= 11 is 0. The summed E-state index contributed by atoms with van der Waals surface area (Å²) in [5.74, 6) is 0.911. The summed E-state index contributed by atoms with van der Waals surface area (Å²) < 4.78 is 15.0. The van der Waals surface area contributed by atoms with Gasteiger partial charge in [0.2, 0.25) is 11.9 Å². The Morgan fingerprint density at radius 1 is 1.11 bits per heavy atom. The predicted molar refractivity (Wildman–Crippen MR) is 99.3 cm³/mol. The van der Waals surface area contributed by atoms with Gasteiger partial charge in [0, 0.05) is 5.69 Å². The molecule has 27 heavy (non-hydrogen) atoms. The Bertz CT molecular complexity index is 1000. The molecule has 1 aliphatic carbocycles. The molecule has 7 heteroatoms. The average molecular weight is 365 g/mol. The lowest BCUT2D eigenvalue weighted by Crippen LogP contribution is -2.28. The number of hydrogen-bond donors (Lipinski definition) is 1. The van der Waals surface area contributed by atoms with E-state index in [2.05, 4.69) is 20.3 Å². The number of halogens is 1. The van der Waals surface area contributed by atoms with Crippen molar-refractivity contribution in [2.75, 3.05) is 5.32 Å². The fraction of sp³-hybridized carbons (Fsp3) is 0.300. The van der Waals surface area contributed by atoms with Gasteiger partial charge in [-0.1, -0.05) is 12.1 Å². The van der Waals surface area contributed by atoms with Crippen LogP contribution in [0.25, 0.3) is 5.95 Å². The molecule has 0 spiro atoms. The van der Waals surface area contributed by atoms with E-state index >= 15 is 0 Å². The molecule has 0 unspecified atom stereocenters. The molecule has 138 valence electrons. The van der Waals surface area contributed by atoms with Crippen molar-refractivity contribution in [3.05, 3.63) is 65.3 Å². The van der Waals surface area contributed by atoms with Crippen LogP contribution < -0.4 is 5.32 Å². The number of aryl methyl sites for hydroxylation is 2. The van der Waals surface area contributed by atoms with E-state index in [0.717, 1.165) is 35.6 Å². The highest BCUT2D eigenvalue weighted by Gasteiger charge is 2.51. The zero-order valence-electron chi connectivity index (χ0n) is 15.5. The zero-order valence-corrected chi connectivity index (χ0v) is 15.5. The Morgan fingerprint density at radius 2 is 1.74 bits per heavy atom. The highest BCUT2D eigenvalue weighted by Crippen LogP contribution is 2.49. The van der Waals surface area contributed by atoms with Gasteiger partial charge in [0.05, 0.1) is 29.2 Å². The molecule has 2 aromatic heterocycles. The van der Waals surface area contributed by atoms with E-state index in [1.807, 2.05) is 25.3 Å². The topological polar surface area (TPSA) is 72.7 Å². The lowest BCUT2D eigenvalue weighted by molar-refractivity contribution is -0.118. The van der Waals surface area contributed by atoms with E-state index < -0.39 is 5.41 Å². The lowest BCUT2D eigenvalue weighted by atomic mass is 9.95. The molecule has 0 aliphatic heterocycles. The number of carbonyl (C=O) groups excluding carboxylic acids is 1. The van der Waals surface area contributed by atoms with Crippen LogP contribution in [-0.4, -0.2) is 25.4 Å². The highest BCUT2D eigenvalue weighted by atomic mass is 19.1. The molecular weight excluding hydrogens is 345 g/mol. The molecule has 0 saturated heterocycles. The molecule has 0 atom stereocenters. The van der Waals surface area contributed by atoms with Crippen molar-refractivity contribution in [1.82, 2.24) is 19.5 Å². The van der Waals surface area contributed by atoms with E-state index in [1.165, 1.54) is 12.1 Å². The predicted octanol–water partition coefficient (Wildman–Crippen LogP) is 3.40. The van der Waals surface area contributed by atoms with E-state index in [1.54, 1.807) is 24.5 Å². The summed E-state index contributed by atoms with van der Waals surface area (Å²) in [4.78, 5) is 25.9. The third-order valence-corrected chi connectivity index (χ3v) is 5.19. The largest absolute Gasteiger partial charge is 0.323 e. The Kier molecular flexibility index (Phi) is 4.02. The number of amides is 1. The maximum Gasteiger partial charge on any atom is 0.235 e. The summed E-state index contributed by atoms with van der Waals surface area (Å²) in [5.41, 5.74) is 2.70. The minimum atomic E-state index is -0.582. The van der Waals surface area contributed by atoms with Crippen molar-refractivity contribution in [2.24, 2.45) is 0 Å². The Labute approximate surface area is 156 Å². The van der Waals surface area contributed by atoms with Gasteiger partial charge in [-0.05, 0) is 51.3 Å². The van der Waals surface area contributed by atoms with Gasteiger partial charge < -0.3 is 5.32 Å². The Hall–Kier alpha value is -3.09. The molecule has 4 rings (SSSR count). The van der Waals surface area contributed by atoms with Crippen LogP contribution in [0.4, 0.5) is 10.1 Å². The number of imidazole rings is 1. The standard InChI is InChI=1S/C20H20FN5O/c1-12-13(2)26(14(3)24-12)19-22-10-17(11-23-19)25-18(27)20(8-9-20)15-4-6-16(21)7-5-15/h4-7,10-11H,8-9H2,1-3H3,(H,25,27). The average Bonchev–Trinajstić information content (AvgIpc) is 3.41. The monoisotopic (exact) mass is 365 g/mol. The van der Waals surface area contributed by atoms with Crippen LogP contribution in [0.5, 0.6) is 0 Å². The summed E-state index contributed by atoms with van der Waals surface area (Å²) in [7, 11) is 0. The number of anilines is 1. The van der Waals surface area contributed by atoms with Crippen LogP contribution in [0.15, 0.2) is 36.7 Å². The van der Waals surface area contributed by atoms with Crippen LogP contribution in [-0.2, 0) is 10.2 Å². The van der Waals surface area contributed by atoms with Gasteiger partial charge in [0.1, 0.15) is 11.6 Å². The maximum atomic E-state index is 13.2. The first-order chi connectivity index (χ1) is 12.9. The SMILES string of the molecule is Cc1nc(C)n(-c2ncc(NC(=O)C3(c4ccc(F)cc4)CC3)cn2)c1C. The Balaban J connectivity index is 1.53. The molecule has 3 aromatic rings. The van der Waals surface area contributed by atoms with Gasteiger partial charge >= 0.3 is 0 Å². The number of nitrogens with one attached hydrogen (secondary N) is 1. The van der Waals surface area contributed by atoms with Crippen LogP contribution in [0, 0.1) is 26.6 Å². The van der Waals surface area contributed by atoms with Gasteiger partial charge in [-0.15, -0.1) is 0 Å². The van der Waals surface area contributed by atoms with Gasteiger partial charge in [0.25, 0.3) is 0 Å². The van der Waals surface area contributed by atoms with Crippen molar-refractivity contribution >= 4 is 11.6 Å². The van der Waals surface area contributed by atoms with E-state index in [-0.39, 0.29) is 11.7 Å². The third kappa shape index (κ3) is 2.99. The fourth-order valence-corrected chi connectivity index (χ4v) is 3.37. The number of benzene rings is 1. The molecule has 6 nitrogen and oxygen atoms in total. The van der Waals surface area contributed by atoms with Crippen LogP contribution in [0.3, 0.4) is 0 Å². The van der Waals surface area contributed by atoms with Crippen molar-refractivity contribution in [2.45, 2.75) is 39.0 Å². The van der Waals surface area contributed by atoms with Gasteiger partial charge in [-0.25, -0.2) is 19.3 Å². The number of hydrogen-bond acceptors (Lipinski definition) is 4. The zero-order chi connectivity index (χ0) is 19.2. The van der Waals surface area contributed by atoms with Crippen molar-refractivity contribution in [1.29, 1.82) is 0 Å². The normalized spacial score (nSPS) is 14.8. The van der Waals surface area contributed by atoms with Crippen molar-refractivity contribution in [3.63, 3.8) is 0 Å². The molecular formula is C20H20FN5O. The smallest absolute Gasteiger partial charge is 0.235 e. The van der Waals surface area contributed by atoms with Gasteiger partial charge in [-0.3, -0.25) is 9.36 Å². The van der Waals surface area contributed by atoms with Crippen molar-refractivity contribution < 1.29 is 9.18 Å². The molecule has 0 radical (unpaired) electrons. The first-order valence-corrected chi connectivity index (χ1v) is 8.83. The lowest BCUT2D eigenvalue weighted by Gasteiger charge is -2.16. The van der Waals surface area contributed by atoms with Crippen LogP contribution in [0.1, 0.15) is 35.6 Å². The first-order valence-electron chi connectivity index (χ1n) is 8.83. The Morgan fingerprint density at radius 3 is 2.26 bits per heavy atom. The number of carbonyl (C=O) groups is 1. The fourth-order valence-electron chi connectivity index (χ4n) is 3.37. The first kappa shape index (κ1) is 17.3. The molecule has 1 aliphatic rings. The molecule has 0 bridgehead atoms. The van der Waals surface area contributed by atoms with Crippen LogP contribution >= 0.6 is 0 Å². The van der Waals surface area contributed by atoms with Gasteiger partial charge in [0.15, 0.2) is 0 Å². The van der Waals surface area contributed by atoms with Gasteiger partial charge in [-0.2, -0.15) is 0 Å². The van der Waals surface area contributed by atoms with E-state index in [0.29, 0.717) is 11.6 Å². The highest BCUT2D eigenvalue weighted by molar-refractivity contribution is 6.01. The van der Waals surface area contributed by atoms with E-state index in [9.17, 15) is 9.18 Å². The molecule has 2 heterocycles. The third-order valence-electron chi connectivity index (χ3n) is 5.19. The second-order valence-electron chi connectivity index (χ2n) is 6.98. The second-order valence-corrected chi connectivity index (χ2v) is 6.98. The molecule has 1 saturated carbocycles. The molecule has 1 fully saturated rings. The summed E-state index contributed by atoms with van der Waals surface area (Å²) in [5, 5.41) is 2.89. The minimum absolute atomic E-state index is 0.115. The number of rotatable bonds is 4. The summed E-state index contributed by atoms with van der Waals surface area (Å²) in [6, 6.07) is 6.12. The second kappa shape index (κ2) is 6.26. The van der Waals surface area contributed by atoms with Crippen LogP contribution in [0.2, 0.25) is 0 Å².